The molecule has 0 saturated carbocycles. The van der Waals surface area contributed by atoms with Crippen LogP contribution < -0.4 is 15.4 Å². The fraction of sp³-hybridized carbons (Fsp3) is 0.182. The van der Waals surface area contributed by atoms with Crippen LogP contribution in [0.25, 0.3) is 0 Å². The van der Waals surface area contributed by atoms with Crippen LogP contribution in [-0.4, -0.2) is 11.8 Å². The number of amides is 2. The first-order valence-electron chi connectivity index (χ1n) is 9.20. The maximum Gasteiger partial charge on any atom is 0.418 e. The van der Waals surface area contributed by atoms with E-state index in [1.807, 2.05) is 19.1 Å². The van der Waals surface area contributed by atoms with Crippen molar-refractivity contribution in [1.82, 2.24) is 0 Å². The van der Waals surface area contributed by atoms with Gasteiger partial charge < -0.3 is 19.8 Å². The molecule has 1 aromatic heterocycles. The highest BCUT2D eigenvalue weighted by Crippen LogP contribution is 2.37. The van der Waals surface area contributed by atoms with E-state index in [4.69, 9.17) is 9.15 Å². The molecule has 0 radical (unpaired) electrons. The van der Waals surface area contributed by atoms with Gasteiger partial charge in [0.2, 0.25) is 5.91 Å². The lowest BCUT2D eigenvalue weighted by molar-refractivity contribution is -0.137. The minimum Gasteiger partial charge on any atom is -0.486 e. The Labute approximate surface area is 176 Å². The minimum atomic E-state index is -4.74. The molecule has 0 bridgehead atoms. The number of anilines is 2. The van der Waals surface area contributed by atoms with Crippen molar-refractivity contribution in [3.8, 4) is 5.75 Å². The molecule has 6 nitrogen and oxygen atoms in total. The molecule has 0 saturated heterocycles. The summed E-state index contributed by atoms with van der Waals surface area (Å²) in [6, 6.07) is 13.3. The number of alkyl halides is 3. The Balaban J connectivity index is 1.71. The lowest BCUT2D eigenvalue weighted by atomic mass is 10.1. The second-order valence-corrected chi connectivity index (χ2v) is 6.76. The number of carbonyl (C=O) groups is 2. The van der Waals surface area contributed by atoms with Crippen molar-refractivity contribution in [2.45, 2.75) is 26.6 Å². The second-order valence-electron chi connectivity index (χ2n) is 6.76. The molecule has 9 heteroatoms. The van der Waals surface area contributed by atoms with Crippen molar-refractivity contribution in [1.29, 1.82) is 0 Å². The molecule has 0 aliphatic heterocycles. The quantitative estimate of drug-likeness (QED) is 0.547. The van der Waals surface area contributed by atoms with Gasteiger partial charge in [0, 0.05) is 12.6 Å². The summed E-state index contributed by atoms with van der Waals surface area (Å²) in [5.74, 6) is -0.577. The van der Waals surface area contributed by atoms with Crippen LogP contribution in [0.1, 0.15) is 34.4 Å². The fourth-order valence-corrected chi connectivity index (χ4v) is 2.72. The Bertz CT molecular complexity index is 1090. The van der Waals surface area contributed by atoms with E-state index >= 15 is 0 Å². The van der Waals surface area contributed by atoms with E-state index in [1.165, 1.54) is 25.1 Å². The Morgan fingerprint density at radius 1 is 1.00 bits per heavy atom. The predicted molar refractivity (Wildman–Crippen MR) is 108 cm³/mol. The number of hydrogen-bond donors (Lipinski definition) is 2. The summed E-state index contributed by atoms with van der Waals surface area (Å²) < 4.78 is 51.2. The number of aryl methyl sites for hydroxylation is 1. The molecule has 162 valence electrons. The number of rotatable bonds is 6. The van der Waals surface area contributed by atoms with Crippen molar-refractivity contribution in [2.75, 3.05) is 10.6 Å². The van der Waals surface area contributed by atoms with Crippen LogP contribution in [0, 0.1) is 6.92 Å². The summed E-state index contributed by atoms with van der Waals surface area (Å²) in [7, 11) is 0. The fourth-order valence-electron chi connectivity index (χ4n) is 2.72. The summed E-state index contributed by atoms with van der Waals surface area (Å²) >= 11 is 0. The maximum absolute atomic E-state index is 13.4. The normalized spacial score (nSPS) is 11.1. The zero-order chi connectivity index (χ0) is 22.6. The number of nitrogens with one attached hydrogen (secondary N) is 2. The summed E-state index contributed by atoms with van der Waals surface area (Å²) in [6.07, 6.45) is -4.74. The van der Waals surface area contributed by atoms with E-state index in [0.717, 1.165) is 17.7 Å². The third-order valence-electron chi connectivity index (χ3n) is 4.18. The molecule has 1 heterocycles. The average Bonchev–Trinajstić information content (AvgIpc) is 3.17. The van der Waals surface area contributed by atoms with Gasteiger partial charge in [-0.25, -0.2) is 0 Å². The molecule has 0 fully saturated rings. The first kappa shape index (κ1) is 21.9. The van der Waals surface area contributed by atoms with Crippen LogP contribution in [0.5, 0.6) is 5.75 Å². The third-order valence-corrected chi connectivity index (χ3v) is 4.18. The van der Waals surface area contributed by atoms with Crippen molar-refractivity contribution in [3.05, 3.63) is 77.2 Å². The van der Waals surface area contributed by atoms with Crippen LogP contribution in [0.2, 0.25) is 0 Å². The van der Waals surface area contributed by atoms with E-state index < -0.39 is 29.2 Å². The van der Waals surface area contributed by atoms with Crippen molar-refractivity contribution < 1.29 is 31.9 Å². The molecular weight excluding hydrogens is 413 g/mol. The summed E-state index contributed by atoms with van der Waals surface area (Å²) in [5, 5.41) is 4.48. The second kappa shape index (κ2) is 8.95. The maximum atomic E-state index is 13.4. The highest BCUT2D eigenvalue weighted by atomic mass is 19.4. The van der Waals surface area contributed by atoms with Crippen LogP contribution >= 0.6 is 0 Å². The summed E-state index contributed by atoms with van der Waals surface area (Å²) in [4.78, 5) is 23.5. The van der Waals surface area contributed by atoms with E-state index in [0.29, 0.717) is 11.5 Å². The number of benzene rings is 2. The van der Waals surface area contributed by atoms with Gasteiger partial charge >= 0.3 is 6.18 Å². The molecule has 3 rings (SSSR count). The number of hydrogen-bond acceptors (Lipinski definition) is 4. The first-order valence-corrected chi connectivity index (χ1v) is 9.20. The molecule has 31 heavy (non-hydrogen) atoms. The lowest BCUT2D eigenvalue weighted by Gasteiger charge is -2.15. The molecule has 0 spiro atoms. The Kier molecular flexibility index (Phi) is 6.33. The SMILES string of the molecule is CC(=O)Nc1ccc(NC(=O)c2ccc(COc3ccc(C)cc3)o2)c(C(F)(F)F)c1. The minimum absolute atomic E-state index is 0.0358. The largest absolute Gasteiger partial charge is 0.486 e. The van der Waals surface area contributed by atoms with Gasteiger partial charge in [-0.1, -0.05) is 17.7 Å². The Morgan fingerprint density at radius 3 is 2.35 bits per heavy atom. The van der Waals surface area contributed by atoms with Crippen LogP contribution in [-0.2, 0) is 17.6 Å². The van der Waals surface area contributed by atoms with Crippen molar-refractivity contribution in [2.24, 2.45) is 0 Å². The number of halogens is 3. The monoisotopic (exact) mass is 432 g/mol. The van der Waals surface area contributed by atoms with Gasteiger partial charge in [-0.3, -0.25) is 9.59 Å². The molecule has 0 atom stereocenters. The van der Waals surface area contributed by atoms with Crippen LogP contribution in [0.3, 0.4) is 0 Å². The van der Waals surface area contributed by atoms with E-state index in [-0.39, 0.29) is 18.1 Å². The van der Waals surface area contributed by atoms with Crippen LogP contribution in [0.4, 0.5) is 24.5 Å². The van der Waals surface area contributed by atoms with Gasteiger partial charge in [0.25, 0.3) is 5.91 Å². The summed E-state index contributed by atoms with van der Waals surface area (Å²) in [5.41, 5.74) is -0.513. The van der Waals surface area contributed by atoms with Gasteiger partial charge in [-0.05, 0) is 49.4 Å². The molecule has 2 aromatic carbocycles. The number of carbonyl (C=O) groups excluding carboxylic acids is 2. The number of ether oxygens (including phenoxy) is 1. The zero-order valence-electron chi connectivity index (χ0n) is 16.7. The van der Waals surface area contributed by atoms with E-state index in [9.17, 15) is 22.8 Å². The molecule has 0 aliphatic rings. The van der Waals surface area contributed by atoms with Gasteiger partial charge in [0.05, 0.1) is 11.3 Å². The number of furan rings is 1. The highest BCUT2D eigenvalue weighted by molar-refractivity contribution is 6.03. The third kappa shape index (κ3) is 5.88. The Morgan fingerprint density at radius 2 is 1.71 bits per heavy atom. The molecule has 3 aromatic rings. The molecular formula is C22H19F3N2O4. The molecule has 2 amide bonds. The molecule has 0 unspecified atom stereocenters. The van der Waals surface area contributed by atoms with Crippen molar-refractivity contribution in [3.63, 3.8) is 0 Å². The standard InChI is InChI=1S/C22H19F3N2O4/c1-13-3-6-16(7-4-13)30-12-17-8-10-20(31-17)21(29)27-19-9-5-15(26-14(2)28)11-18(19)22(23,24)25/h3-11H,12H2,1-2H3,(H,26,28)(H,27,29). The van der Waals surface area contributed by atoms with Gasteiger partial charge in [-0.2, -0.15) is 13.2 Å². The lowest BCUT2D eigenvalue weighted by Crippen LogP contribution is -2.17. The zero-order valence-corrected chi connectivity index (χ0v) is 16.7. The van der Waals surface area contributed by atoms with Gasteiger partial charge in [-0.15, -0.1) is 0 Å². The average molecular weight is 432 g/mol. The van der Waals surface area contributed by atoms with Crippen LogP contribution in [0.15, 0.2) is 59.0 Å². The van der Waals surface area contributed by atoms with E-state index in [1.54, 1.807) is 12.1 Å². The Hall–Kier alpha value is -3.75. The first-order chi connectivity index (χ1) is 14.6. The molecule has 2 N–H and O–H groups in total. The predicted octanol–water partition coefficient (Wildman–Crippen LogP) is 5.40. The van der Waals surface area contributed by atoms with E-state index in [2.05, 4.69) is 10.6 Å². The highest BCUT2D eigenvalue weighted by Gasteiger charge is 2.34. The smallest absolute Gasteiger partial charge is 0.418 e. The summed E-state index contributed by atoms with van der Waals surface area (Å²) in [6.45, 7) is 3.17. The van der Waals surface area contributed by atoms with Crippen molar-refractivity contribution >= 4 is 23.2 Å². The van der Waals surface area contributed by atoms with Gasteiger partial charge in [0.15, 0.2) is 5.76 Å². The molecule has 0 aliphatic carbocycles. The van der Waals surface area contributed by atoms with Gasteiger partial charge in [0.1, 0.15) is 18.1 Å². The topological polar surface area (TPSA) is 80.6 Å².